The van der Waals surface area contributed by atoms with Gasteiger partial charge in [-0.1, -0.05) is 6.92 Å². The molecule has 5 nitrogen and oxygen atoms in total. The van der Waals surface area contributed by atoms with E-state index < -0.39 is 0 Å². The van der Waals surface area contributed by atoms with Crippen LogP contribution in [0.1, 0.15) is 13.3 Å². The molecule has 5 heteroatoms. The molecule has 0 atom stereocenters. The first-order valence-corrected chi connectivity index (χ1v) is 6.13. The van der Waals surface area contributed by atoms with E-state index in [0.717, 1.165) is 12.1 Å². The number of amides is 1. The van der Waals surface area contributed by atoms with Crippen molar-refractivity contribution >= 4 is 17.3 Å². The van der Waals surface area contributed by atoms with Gasteiger partial charge in [0.25, 0.3) is 5.91 Å². The molecular formula is C13H18N2O3. The number of ether oxygens (including phenoxy) is 2. The van der Waals surface area contributed by atoms with Crippen LogP contribution in [0.4, 0.5) is 11.4 Å². The van der Waals surface area contributed by atoms with Crippen molar-refractivity contribution in [2.75, 3.05) is 37.0 Å². The number of fused-ring (bicyclic) bond motifs is 1. The lowest BCUT2D eigenvalue weighted by atomic mass is 10.2. The quantitative estimate of drug-likeness (QED) is 0.634. The number of benzene rings is 1. The Balaban J connectivity index is 2.09. The van der Waals surface area contributed by atoms with Gasteiger partial charge in [0.05, 0.1) is 12.3 Å². The summed E-state index contributed by atoms with van der Waals surface area (Å²) in [6.07, 6.45) is 0.973. The molecular weight excluding hydrogens is 232 g/mol. The molecule has 2 rings (SSSR count). The van der Waals surface area contributed by atoms with Gasteiger partial charge in [0.2, 0.25) is 0 Å². The van der Waals surface area contributed by atoms with Gasteiger partial charge in [0, 0.05) is 18.8 Å². The van der Waals surface area contributed by atoms with Gasteiger partial charge in [-0.2, -0.15) is 0 Å². The Morgan fingerprint density at radius 1 is 1.44 bits per heavy atom. The minimum atomic E-state index is -0.0619. The van der Waals surface area contributed by atoms with E-state index >= 15 is 0 Å². The predicted octanol–water partition coefficient (Wildman–Crippen LogP) is 1.42. The summed E-state index contributed by atoms with van der Waals surface area (Å²) in [6.45, 7) is 3.88. The maximum absolute atomic E-state index is 11.8. The van der Waals surface area contributed by atoms with E-state index in [0.29, 0.717) is 31.2 Å². The first-order valence-electron chi connectivity index (χ1n) is 6.13. The molecule has 1 aromatic rings. The molecule has 0 radical (unpaired) electrons. The number of hydrogen-bond donors (Lipinski definition) is 1. The van der Waals surface area contributed by atoms with Crippen LogP contribution in [0.15, 0.2) is 18.2 Å². The van der Waals surface area contributed by atoms with Gasteiger partial charge in [-0.05, 0) is 24.6 Å². The fraction of sp³-hybridized carbons (Fsp3) is 0.462. The average molecular weight is 250 g/mol. The summed E-state index contributed by atoms with van der Waals surface area (Å²) in [5.41, 5.74) is 7.09. The van der Waals surface area contributed by atoms with Crippen molar-refractivity contribution in [2.24, 2.45) is 0 Å². The second kappa shape index (κ2) is 5.73. The molecule has 18 heavy (non-hydrogen) atoms. The zero-order valence-corrected chi connectivity index (χ0v) is 10.5. The molecule has 1 aliphatic rings. The highest BCUT2D eigenvalue weighted by Gasteiger charge is 2.25. The van der Waals surface area contributed by atoms with Gasteiger partial charge in [0.1, 0.15) is 5.75 Å². The first-order chi connectivity index (χ1) is 8.72. The molecule has 98 valence electrons. The molecule has 0 fully saturated rings. The third-order valence-electron chi connectivity index (χ3n) is 2.73. The second-order valence-electron chi connectivity index (χ2n) is 4.17. The highest BCUT2D eigenvalue weighted by molar-refractivity contribution is 5.98. The lowest BCUT2D eigenvalue weighted by Crippen LogP contribution is -2.40. The molecule has 0 unspecified atom stereocenters. The number of anilines is 2. The van der Waals surface area contributed by atoms with Crippen LogP contribution in [0.3, 0.4) is 0 Å². The summed E-state index contributed by atoms with van der Waals surface area (Å²) in [5, 5.41) is 0. The molecule has 0 aliphatic carbocycles. The number of nitrogen functional groups attached to an aromatic ring is 1. The zero-order valence-electron chi connectivity index (χ0n) is 10.5. The summed E-state index contributed by atoms with van der Waals surface area (Å²) >= 11 is 0. The van der Waals surface area contributed by atoms with E-state index in [2.05, 4.69) is 6.92 Å². The van der Waals surface area contributed by atoms with Crippen molar-refractivity contribution in [3.05, 3.63) is 18.2 Å². The Bertz CT molecular complexity index is 434. The maximum atomic E-state index is 11.8. The Kier molecular flexibility index (Phi) is 4.04. The standard InChI is InChI=1S/C13H18N2O3/c1-2-6-17-7-5-15-11-8-10(14)3-4-12(11)18-9-13(15)16/h3-4,8H,2,5-7,9,14H2,1H3. The van der Waals surface area contributed by atoms with E-state index in [-0.39, 0.29) is 12.5 Å². The highest BCUT2D eigenvalue weighted by atomic mass is 16.5. The van der Waals surface area contributed by atoms with Crippen molar-refractivity contribution in [3.63, 3.8) is 0 Å². The summed E-state index contributed by atoms with van der Waals surface area (Å²) in [7, 11) is 0. The van der Waals surface area contributed by atoms with Crippen molar-refractivity contribution < 1.29 is 14.3 Å². The molecule has 2 N–H and O–H groups in total. The van der Waals surface area contributed by atoms with Crippen molar-refractivity contribution in [1.82, 2.24) is 0 Å². The van der Waals surface area contributed by atoms with Crippen LogP contribution in [0, 0.1) is 0 Å². The Morgan fingerprint density at radius 3 is 3.06 bits per heavy atom. The molecule has 0 aromatic heterocycles. The van der Waals surface area contributed by atoms with E-state index in [1.54, 1.807) is 23.1 Å². The molecule has 1 heterocycles. The summed E-state index contributed by atoms with van der Waals surface area (Å²) in [4.78, 5) is 13.5. The van der Waals surface area contributed by atoms with Crippen LogP contribution in [-0.2, 0) is 9.53 Å². The predicted molar refractivity (Wildman–Crippen MR) is 69.8 cm³/mol. The molecule has 0 bridgehead atoms. The molecule has 1 amide bonds. The fourth-order valence-electron chi connectivity index (χ4n) is 1.87. The lowest BCUT2D eigenvalue weighted by molar-refractivity contribution is -0.121. The number of nitrogens with two attached hydrogens (primary N) is 1. The lowest BCUT2D eigenvalue weighted by Gasteiger charge is -2.29. The monoisotopic (exact) mass is 250 g/mol. The van der Waals surface area contributed by atoms with Crippen LogP contribution in [-0.4, -0.2) is 32.3 Å². The normalized spacial score (nSPS) is 14.3. The zero-order chi connectivity index (χ0) is 13.0. The average Bonchev–Trinajstić information content (AvgIpc) is 2.36. The Morgan fingerprint density at radius 2 is 2.28 bits per heavy atom. The van der Waals surface area contributed by atoms with Crippen LogP contribution >= 0.6 is 0 Å². The SMILES string of the molecule is CCCOCCN1C(=O)COc2ccc(N)cc21. The third kappa shape index (κ3) is 2.73. The third-order valence-corrected chi connectivity index (χ3v) is 2.73. The minimum Gasteiger partial charge on any atom is -0.482 e. The van der Waals surface area contributed by atoms with Crippen molar-refractivity contribution in [1.29, 1.82) is 0 Å². The van der Waals surface area contributed by atoms with Gasteiger partial charge in [0.15, 0.2) is 6.61 Å². The van der Waals surface area contributed by atoms with E-state index in [1.165, 1.54) is 0 Å². The number of nitrogens with zero attached hydrogens (tertiary/aromatic N) is 1. The van der Waals surface area contributed by atoms with Gasteiger partial charge in [-0.25, -0.2) is 0 Å². The van der Waals surface area contributed by atoms with Crippen LogP contribution in [0.25, 0.3) is 0 Å². The van der Waals surface area contributed by atoms with Gasteiger partial charge < -0.3 is 20.1 Å². The number of carbonyl (C=O) groups excluding carboxylic acids is 1. The van der Waals surface area contributed by atoms with Gasteiger partial charge >= 0.3 is 0 Å². The second-order valence-corrected chi connectivity index (χ2v) is 4.17. The number of hydrogen-bond acceptors (Lipinski definition) is 4. The minimum absolute atomic E-state index is 0.0619. The summed E-state index contributed by atoms with van der Waals surface area (Å²) in [5.74, 6) is 0.632. The van der Waals surface area contributed by atoms with Crippen LogP contribution < -0.4 is 15.4 Å². The highest BCUT2D eigenvalue weighted by Crippen LogP contribution is 2.33. The molecule has 1 aliphatic heterocycles. The van der Waals surface area contributed by atoms with Crippen LogP contribution in [0.2, 0.25) is 0 Å². The van der Waals surface area contributed by atoms with Gasteiger partial charge in [-0.3, -0.25) is 4.79 Å². The summed E-state index contributed by atoms with van der Waals surface area (Å²) < 4.78 is 10.8. The van der Waals surface area contributed by atoms with Crippen LogP contribution in [0.5, 0.6) is 5.75 Å². The Labute approximate surface area is 106 Å². The number of carbonyl (C=O) groups is 1. The van der Waals surface area contributed by atoms with Gasteiger partial charge in [-0.15, -0.1) is 0 Å². The maximum Gasteiger partial charge on any atom is 0.265 e. The smallest absolute Gasteiger partial charge is 0.265 e. The Hall–Kier alpha value is -1.75. The topological polar surface area (TPSA) is 64.8 Å². The van der Waals surface area contributed by atoms with E-state index in [1.807, 2.05) is 0 Å². The fourth-order valence-corrected chi connectivity index (χ4v) is 1.87. The molecule has 0 saturated carbocycles. The summed E-state index contributed by atoms with van der Waals surface area (Å²) in [6, 6.07) is 5.31. The first kappa shape index (κ1) is 12.7. The van der Waals surface area contributed by atoms with Crippen molar-refractivity contribution in [2.45, 2.75) is 13.3 Å². The number of rotatable bonds is 5. The van der Waals surface area contributed by atoms with Crippen molar-refractivity contribution in [3.8, 4) is 5.75 Å². The van der Waals surface area contributed by atoms with E-state index in [4.69, 9.17) is 15.2 Å². The van der Waals surface area contributed by atoms with E-state index in [9.17, 15) is 4.79 Å². The molecule has 0 saturated heterocycles. The molecule has 1 aromatic carbocycles. The molecule has 0 spiro atoms. The largest absolute Gasteiger partial charge is 0.482 e.